The molecule has 0 radical (unpaired) electrons. The van der Waals surface area contributed by atoms with Crippen molar-refractivity contribution in [2.45, 2.75) is 20.0 Å². The molecule has 2 N–H and O–H groups in total. The molecular weight excluding hydrogens is 224 g/mol. The molecule has 18 heavy (non-hydrogen) atoms. The van der Waals surface area contributed by atoms with Crippen LogP contribution in [0.5, 0.6) is 0 Å². The Morgan fingerprint density at radius 1 is 1.22 bits per heavy atom. The molecule has 2 rings (SSSR count). The zero-order valence-electron chi connectivity index (χ0n) is 11.2. The van der Waals surface area contributed by atoms with Gasteiger partial charge in [0.25, 0.3) is 0 Å². The average molecular weight is 244 g/mol. The molecule has 96 valence electrons. The van der Waals surface area contributed by atoms with E-state index in [0.717, 1.165) is 24.5 Å². The Morgan fingerprint density at radius 3 is 2.44 bits per heavy atom. The van der Waals surface area contributed by atoms with Gasteiger partial charge in [-0.15, -0.1) is 0 Å². The molecule has 4 nitrogen and oxygen atoms in total. The minimum atomic E-state index is 0.809. The molecule has 0 atom stereocenters. The molecule has 0 spiro atoms. The lowest BCUT2D eigenvalue weighted by Gasteiger charge is -2.16. The van der Waals surface area contributed by atoms with Crippen LogP contribution in [0.25, 0.3) is 0 Å². The molecule has 1 heterocycles. The van der Waals surface area contributed by atoms with Gasteiger partial charge in [0.2, 0.25) is 0 Å². The molecule has 0 saturated carbocycles. The largest absolute Gasteiger partial charge is 0.399 e. The SMILES string of the molecule is Cc1cc(CN(C)Cc2ccc(N)cc2)n(C)n1. The van der Waals surface area contributed by atoms with Gasteiger partial charge < -0.3 is 5.73 Å². The van der Waals surface area contributed by atoms with Crippen molar-refractivity contribution in [3.8, 4) is 0 Å². The van der Waals surface area contributed by atoms with Crippen LogP contribution in [0.4, 0.5) is 5.69 Å². The van der Waals surface area contributed by atoms with Crippen molar-refractivity contribution in [1.29, 1.82) is 0 Å². The highest BCUT2D eigenvalue weighted by atomic mass is 15.3. The first-order valence-electron chi connectivity index (χ1n) is 6.07. The normalized spacial score (nSPS) is 11.1. The number of nitrogen functional groups attached to an aromatic ring is 1. The molecule has 0 aliphatic heterocycles. The van der Waals surface area contributed by atoms with Crippen molar-refractivity contribution in [1.82, 2.24) is 14.7 Å². The van der Waals surface area contributed by atoms with Gasteiger partial charge in [0.05, 0.1) is 11.4 Å². The Labute approximate surface area is 108 Å². The van der Waals surface area contributed by atoms with Gasteiger partial charge in [0.15, 0.2) is 0 Å². The summed E-state index contributed by atoms with van der Waals surface area (Å²) < 4.78 is 1.94. The lowest BCUT2D eigenvalue weighted by atomic mass is 10.2. The fourth-order valence-electron chi connectivity index (χ4n) is 2.08. The van der Waals surface area contributed by atoms with E-state index in [2.05, 4.69) is 35.2 Å². The van der Waals surface area contributed by atoms with Crippen molar-refractivity contribution in [3.05, 3.63) is 47.3 Å². The molecule has 0 bridgehead atoms. The van der Waals surface area contributed by atoms with Gasteiger partial charge in [0.1, 0.15) is 0 Å². The van der Waals surface area contributed by atoms with Gasteiger partial charge in [-0.1, -0.05) is 12.1 Å². The maximum absolute atomic E-state index is 5.68. The van der Waals surface area contributed by atoms with Gasteiger partial charge in [-0.25, -0.2) is 0 Å². The second kappa shape index (κ2) is 5.23. The second-order valence-electron chi connectivity index (χ2n) is 4.81. The minimum absolute atomic E-state index is 0.809. The van der Waals surface area contributed by atoms with Crippen LogP contribution >= 0.6 is 0 Å². The molecule has 1 aromatic heterocycles. The molecule has 1 aromatic carbocycles. The van der Waals surface area contributed by atoms with Gasteiger partial charge in [0, 0.05) is 25.8 Å². The van der Waals surface area contributed by atoms with Gasteiger partial charge in [-0.2, -0.15) is 5.10 Å². The number of rotatable bonds is 4. The molecular formula is C14H20N4. The van der Waals surface area contributed by atoms with Crippen molar-refractivity contribution >= 4 is 5.69 Å². The standard InChI is InChI=1S/C14H20N4/c1-11-8-14(18(3)16-11)10-17(2)9-12-4-6-13(15)7-5-12/h4-8H,9-10,15H2,1-3H3. The van der Waals surface area contributed by atoms with E-state index in [1.165, 1.54) is 11.3 Å². The third-order valence-corrected chi connectivity index (χ3v) is 2.96. The fraction of sp³-hybridized carbons (Fsp3) is 0.357. The molecule has 0 amide bonds. The van der Waals surface area contributed by atoms with Crippen LogP contribution in [0, 0.1) is 6.92 Å². The Balaban J connectivity index is 1.98. The number of hydrogen-bond acceptors (Lipinski definition) is 3. The Kier molecular flexibility index (Phi) is 3.67. The van der Waals surface area contributed by atoms with Crippen LogP contribution in [-0.2, 0) is 20.1 Å². The molecule has 0 saturated heterocycles. The highest BCUT2D eigenvalue weighted by Crippen LogP contribution is 2.10. The van der Waals surface area contributed by atoms with Gasteiger partial charge >= 0.3 is 0 Å². The summed E-state index contributed by atoms with van der Waals surface area (Å²) in [6.07, 6.45) is 0. The highest BCUT2D eigenvalue weighted by Gasteiger charge is 2.06. The van der Waals surface area contributed by atoms with Crippen molar-refractivity contribution in [2.24, 2.45) is 7.05 Å². The van der Waals surface area contributed by atoms with E-state index in [1.54, 1.807) is 0 Å². The minimum Gasteiger partial charge on any atom is -0.399 e. The van der Waals surface area contributed by atoms with Crippen LogP contribution < -0.4 is 5.73 Å². The van der Waals surface area contributed by atoms with E-state index in [4.69, 9.17) is 5.73 Å². The summed E-state index contributed by atoms with van der Waals surface area (Å²) in [6.45, 7) is 3.82. The number of nitrogens with two attached hydrogens (primary N) is 1. The lowest BCUT2D eigenvalue weighted by molar-refractivity contribution is 0.309. The van der Waals surface area contributed by atoms with E-state index in [9.17, 15) is 0 Å². The quantitative estimate of drug-likeness (QED) is 0.836. The first-order valence-corrected chi connectivity index (χ1v) is 6.07. The third-order valence-electron chi connectivity index (χ3n) is 2.96. The Bertz CT molecular complexity index is 513. The number of aryl methyl sites for hydroxylation is 2. The van der Waals surface area contributed by atoms with Crippen LogP contribution in [0.3, 0.4) is 0 Å². The summed E-state index contributed by atoms with van der Waals surface area (Å²) in [7, 11) is 4.10. The average Bonchev–Trinajstić information content (AvgIpc) is 2.61. The van der Waals surface area contributed by atoms with E-state index < -0.39 is 0 Å². The van der Waals surface area contributed by atoms with Crippen LogP contribution in [-0.4, -0.2) is 21.7 Å². The summed E-state index contributed by atoms with van der Waals surface area (Å²) in [6, 6.07) is 10.1. The zero-order chi connectivity index (χ0) is 13.1. The van der Waals surface area contributed by atoms with Gasteiger partial charge in [-0.05, 0) is 37.7 Å². The molecule has 0 aliphatic rings. The summed E-state index contributed by atoms with van der Waals surface area (Å²) in [5.41, 5.74) is 10.0. The summed E-state index contributed by atoms with van der Waals surface area (Å²) in [5, 5.41) is 4.36. The third kappa shape index (κ3) is 3.11. The predicted molar refractivity (Wildman–Crippen MR) is 74.0 cm³/mol. The molecule has 2 aromatic rings. The predicted octanol–water partition coefficient (Wildman–Crippen LogP) is 1.94. The summed E-state index contributed by atoms with van der Waals surface area (Å²) in [4.78, 5) is 2.27. The molecule has 0 fully saturated rings. The van der Waals surface area contributed by atoms with Crippen molar-refractivity contribution in [3.63, 3.8) is 0 Å². The molecule has 0 unspecified atom stereocenters. The van der Waals surface area contributed by atoms with Crippen molar-refractivity contribution < 1.29 is 0 Å². The van der Waals surface area contributed by atoms with Crippen molar-refractivity contribution in [2.75, 3.05) is 12.8 Å². The van der Waals surface area contributed by atoms with E-state index in [-0.39, 0.29) is 0 Å². The van der Waals surface area contributed by atoms with Crippen LogP contribution in [0.1, 0.15) is 17.0 Å². The van der Waals surface area contributed by atoms with Crippen LogP contribution in [0.15, 0.2) is 30.3 Å². The molecule has 4 heteroatoms. The number of nitrogens with zero attached hydrogens (tertiary/aromatic N) is 3. The highest BCUT2D eigenvalue weighted by molar-refractivity contribution is 5.39. The first-order chi connectivity index (χ1) is 8.54. The Hall–Kier alpha value is -1.81. The number of hydrogen-bond donors (Lipinski definition) is 1. The maximum Gasteiger partial charge on any atom is 0.0597 e. The number of benzene rings is 1. The topological polar surface area (TPSA) is 47.1 Å². The first kappa shape index (κ1) is 12.6. The Morgan fingerprint density at radius 2 is 1.89 bits per heavy atom. The monoisotopic (exact) mass is 244 g/mol. The zero-order valence-corrected chi connectivity index (χ0v) is 11.2. The number of anilines is 1. The fourth-order valence-corrected chi connectivity index (χ4v) is 2.08. The van der Waals surface area contributed by atoms with Crippen LogP contribution in [0.2, 0.25) is 0 Å². The lowest BCUT2D eigenvalue weighted by Crippen LogP contribution is -2.19. The summed E-state index contributed by atoms with van der Waals surface area (Å²) in [5.74, 6) is 0. The van der Waals surface area contributed by atoms with E-state index in [0.29, 0.717) is 0 Å². The summed E-state index contributed by atoms with van der Waals surface area (Å²) >= 11 is 0. The number of aromatic nitrogens is 2. The smallest absolute Gasteiger partial charge is 0.0597 e. The van der Waals surface area contributed by atoms with Gasteiger partial charge in [-0.3, -0.25) is 9.58 Å². The maximum atomic E-state index is 5.68. The second-order valence-corrected chi connectivity index (χ2v) is 4.81. The molecule has 0 aliphatic carbocycles. The van der Waals surface area contributed by atoms with E-state index >= 15 is 0 Å². The van der Waals surface area contributed by atoms with E-state index in [1.807, 2.05) is 30.8 Å².